The molecule has 1 aliphatic rings. The summed E-state index contributed by atoms with van der Waals surface area (Å²) >= 11 is 0. The average Bonchev–Trinajstić information content (AvgIpc) is 2.78. The Morgan fingerprint density at radius 3 is 1.72 bits per heavy atom. The molecular formula is C24H29NO4. The predicted molar refractivity (Wildman–Crippen MR) is 117 cm³/mol. The van der Waals surface area contributed by atoms with Crippen LogP contribution in [-0.2, 0) is 6.54 Å². The third-order valence-corrected chi connectivity index (χ3v) is 5.89. The number of methoxy groups -OCH3 is 4. The van der Waals surface area contributed by atoms with Crippen LogP contribution in [0, 0.1) is 0 Å². The summed E-state index contributed by atoms with van der Waals surface area (Å²) in [5.41, 5.74) is 1.29. The summed E-state index contributed by atoms with van der Waals surface area (Å²) in [5, 5.41) is 4.57. The van der Waals surface area contributed by atoms with Gasteiger partial charge in [0.05, 0.1) is 28.4 Å². The van der Waals surface area contributed by atoms with E-state index in [1.165, 1.54) is 30.2 Å². The molecule has 0 radical (unpaired) electrons. The van der Waals surface area contributed by atoms with Crippen LogP contribution in [0.5, 0.6) is 23.0 Å². The van der Waals surface area contributed by atoms with Gasteiger partial charge in [-0.3, -0.25) is 4.90 Å². The first-order valence-corrected chi connectivity index (χ1v) is 10.1. The summed E-state index contributed by atoms with van der Waals surface area (Å²) in [7, 11) is 6.70. The summed E-state index contributed by atoms with van der Waals surface area (Å²) in [6.07, 6.45) is 3.87. The first kappa shape index (κ1) is 19.6. The molecule has 154 valence electrons. The van der Waals surface area contributed by atoms with Gasteiger partial charge in [0.25, 0.3) is 0 Å². The smallest absolute Gasteiger partial charge is 0.161 e. The maximum Gasteiger partial charge on any atom is 0.161 e. The number of ether oxygens (including phenoxy) is 4. The van der Waals surface area contributed by atoms with E-state index in [1.54, 1.807) is 28.4 Å². The Morgan fingerprint density at radius 1 is 0.621 bits per heavy atom. The molecule has 0 bridgehead atoms. The molecule has 0 spiro atoms. The highest BCUT2D eigenvalue weighted by Crippen LogP contribution is 2.41. The van der Waals surface area contributed by atoms with Crippen LogP contribution in [0.2, 0.25) is 0 Å². The van der Waals surface area contributed by atoms with Crippen molar-refractivity contribution in [1.29, 1.82) is 0 Å². The molecule has 5 nitrogen and oxygen atoms in total. The topological polar surface area (TPSA) is 40.2 Å². The van der Waals surface area contributed by atoms with E-state index >= 15 is 0 Å². The van der Waals surface area contributed by atoms with Crippen LogP contribution in [0.1, 0.15) is 24.8 Å². The van der Waals surface area contributed by atoms with Crippen LogP contribution in [0.15, 0.2) is 30.3 Å². The van der Waals surface area contributed by atoms with E-state index in [-0.39, 0.29) is 0 Å². The van der Waals surface area contributed by atoms with Gasteiger partial charge in [-0.2, -0.15) is 0 Å². The van der Waals surface area contributed by atoms with Crippen molar-refractivity contribution in [1.82, 2.24) is 4.90 Å². The van der Waals surface area contributed by atoms with Gasteiger partial charge in [-0.15, -0.1) is 0 Å². The second kappa shape index (κ2) is 8.37. The lowest BCUT2D eigenvalue weighted by Crippen LogP contribution is -2.29. The van der Waals surface area contributed by atoms with Crippen LogP contribution < -0.4 is 18.9 Å². The van der Waals surface area contributed by atoms with Gasteiger partial charge in [0.1, 0.15) is 0 Å². The fourth-order valence-corrected chi connectivity index (χ4v) is 4.37. The van der Waals surface area contributed by atoms with Crippen molar-refractivity contribution in [3.8, 4) is 23.0 Å². The minimum Gasteiger partial charge on any atom is -0.493 e. The molecular weight excluding hydrogens is 366 g/mol. The molecule has 5 heteroatoms. The molecule has 0 unspecified atom stereocenters. The molecule has 1 aliphatic heterocycles. The lowest BCUT2D eigenvalue weighted by atomic mass is 9.95. The molecule has 29 heavy (non-hydrogen) atoms. The summed E-state index contributed by atoms with van der Waals surface area (Å²) in [4.78, 5) is 2.54. The summed E-state index contributed by atoms with van der Waals surface area (Å²) in [5.74, 6) is 2.94. The van der Waals surface area contributed by atoms with E-state index in [4.69, 9.17) is 18.9 Å². The fourth-order valence-electron chi connectivity index (χ4n) is 4.37. The van der Waals surface area contributed by atoms with Gasteiger partial charge in [0, 0.05) is 6.54 Å². The number of hydrogen-bond donors (Lipinski definition) is 0. The number of nitrogens with zero attached hydrogens (tertiary/aromatic N) is 1. The average molecular weight is 395 g/mol. The van der Waals surface area contributed by atoms with Crippen molar-refractivity contribution in [2.45, 2.75) is 25.8 Å². The molecule has 0 N–H and O–H groups in total. The minimum absolute atomic E-state index is 0.722. The number of rotatable bonds is 6. The molecule has 0 amide bonds. The lowest BCUT2D eigenvalue weighted by Gasteiger charge is -2.27. The van der Waals surface area contributed by atoms with Gasteiger partial charge in [0.15, 0.2) is 23.0 Å². The maximum absolute atomic E-state index is 5.60. The van der Waals surface area contributed by atoms with Crippen LogP contribution in [0.4, 0.5) is 0 Å². The Hall–Kier alpha value is -2.66. The van der Waals surface area contributed by atoms with Gasteiger partial charge in [-0.25, -0.2) is 0 Å². The van der Waals surface area contributed by atoms with Crippen LogP contribution >= 0.6 is 0 Å². The van der Waals surface area contributed by atoms with Crippen molar-refractivity contribution >= 4 is 21.5 Å². The number of likely N-dealkylation sites (tertiary alicyclic amines) is 1. The summed E-state index contributed by atoms with van der Waals surface area (Å²) < 4.78 is 22.3. The fraction of sp³-hybridized carbons (Fsp3) is 0.417. The normalized spacial score (nSPS) is 14.9. The zero-order valence-corrected chi connectivity index (χ0v) is 17.7. The molecule has 0 aromatic heterocycles. The highest BCUT2D eigenvalue weighted by molar-refractivity contribution is 6.11. The number of benzene rings is 3. The van der Waals surface area contributed by atoms with Crippen molar-refractivity contribution in [2.75, 3.05) is 41.5 Å². The van der Waals surface area contributed by atoms with Crippen molar-refractivity contribution in [3.63, 3.8) is 0 Å². The molecule has 0 atom stereocenters. The molecule has 3 aromatic rings. The van der Waals surface area contributed by atoms with Gasteiger partial charge in [-0.05, 0) is 83.4 Å². The predicted octanol–water partition coefficient (Wildman–Crippen LogP) is 5.01. The lowest BCUT2D eigenvalue weighted by molar-refractivity contribution is 0.221. The molecule has 0 saturated carbocycles. The Morgan fingerprint density at radius 2 is 1.14 bits per heavy atom. The molecule has 0 aliphatic carbocycles. The second-order valence-corrected chi connectivity index (χ2v) is 7.55. The van der Waals surface area contributed by atoms with Gasteiger partial charge in [-0.1, -0.05) is 6.42 Å². The molecule has 3 aromatic carbocycles. The monoisotopic (exact) mass is 395 g/mol. The van der Waals surface area contributed by atoms with Gasteiger partial charge < -0.3 is 18.9 Å². The van der Waals surface area contributed by atoms with E-state index in [9.17, 15) is 0 Å². The maximum atomic E-state index is 5.60. The Bertz CT molecular complexity index is 1020. The van der Waals surface area contributed by atoms with Crippen molar-refractivity contribution in [3.05, 3.63) is 35.9 Å². The molecule has 1 heterocycles. The van der Waals surface area contributed by atoms with Gasteiger partial charge in [0.2, 0.25) is 0 Å². The SMILES string of the molecule is COc1cc2cc(CN3CCCCC3)c3cc(OC)c(OC)cc3c2cc1OC. The Balaban J connectivity index is 1.97. The third kappa shape index (κ3) is 3.67. The second-order valence-electron chi connectivity index (χ2n) is 7.55. The first-order chi connectivity index (χ1) is 14.2. The number of piperidine rings is 1. The zero-order chi connectivity index (χ0) is 20.4. The van der Waals surface area contributed by atoms with E-state index in [0.717, 1.165) is 58.8 Å². The standard InChI is InChI=1S/C24H29NO4/c1-26-21-11-16-10-17(15-25-8-6-5-7-9-25)19-13-23(28-3)24(29-4)14-20(19)18(16)12-22(21)27-2/h10-14H,5-9,15H2,1-4H3. The van der Waals surface area contributed by atoms with Crippen LogP contribution in [0.3, 0.4) is 0 Å². The number of hydrogen-bond acceptors (Lipinski definition) is 5. The van der Waals surface area contributed by atoms with Crippen molar-refractivity contribution < 1.29 is 18.9 Å². The van der Waals surface area contributed by atoms with E-state index in [2.05, 4.69) is 29.2 Å². The Labute approximate surface area is 172 Å². The molecule has 1 saturated heterocycles. The zero-order valence-electron chi connectivity index (χ0n) is 17.7. The van der Waals surface area contributed by atoms with E-state index in [1.807, 2.05) is 6.07 Å². The van der Waals surface area contributed by atoms with Crippen LogP contribution in [0.25, 0.3) is 21.5 Å². The Kier molecular flexibility index (Phi) is 5.67. The highest BCUT2D eigenvalue weighted by Gasteiger charge is 2.18. The summed E-state index contributed by atoms with van der Waals surface area (Å²) in [6, 6.07) is 10.6. The van der Waals surface area contributed by atoms with E-state index in [0.29, 0.717) is 0 Å². The largest absolute Gasteiger partial charge is 0.493 e. The summed E-state index contributed by atoms with van der Waals surface area (Å²) in [6.45, 7) is 3.23. The highest BCUT2D eigenvalue weighted by atomic mass is 16.5. The number of fused-ring (bicyclic) bond motifs is 3. The minimum atomic E-state index is 0.722. The van der Waals surface area contributed by atoms with Crippen LogP contribution in [-0.4, -0.2) is 46.4 Å². The molecule has 1 fully saturated rings. The molecule has 4 rings (SSSR count). The quantitative estimate of drug-likeness (QED) is 0.549. The van der Waals surface area contributed by atoms with E-state index < -0.39 is 0 Å². The first-order valence-electron chi connectivity index (χ1n) is 10.1. The third-order valence-electron chi connectivity index (χ3n) is 5.89. The van der Waals surface area contributed by atoms with Crippen molar-refractivity contribution in [2.24, 2.45) is 0 Å². The van der Waals surface area contributed by atoms with Gasteiger partial charge >= 0.3 is 0 Å².